The molecule has 0 saturated carbocycles. The van der Waals surface area contributed by atoms with E-state index in [9.17, 15) is 4.79 Å². The van der Waals surface area contributed by atoms with Gasteiger partial charge in [-0.1, -0.05) is 23.2 Å². The summed E-state index contributed by atoms with van der Waals surface area (Å²) in [5, 5.41) is 12.3. The first-order valence-electron chi connectivity index (χ1n) is 4.19. The molecule has 0 aliphatic carbocycles. The Morgan fingerprint density at radius 1 is 1.47 bits per heavy atom. The fraction of sp³-hybridized carbons (Fsp3) is 0.222. The van der Waals surface area contributed by atoms with Crippen LogP contribution < -0.4 is 11.1 Å². The molecule has 0 aliphatic rings. The predicted octanol–water partition coefficient (Wildman–Crippen LogP) is 1.82. The maximum Gasteiger partial charge on any atom is 0.327 e. The van der Waals surface area contributed by atoms with Gasteiger partial charge in [0.1, 0.15) is 6.04 Å². The molecule has 0 aliphatic heterocycles. The first kappa shape index (κ1) is 12.1. The van der Waals surface area contributed by atoms with Crippen LogP contribution in [0.1, 0.15) is 0 Å². The minimum Gasteiger partial charge on any atom is -0.480 e. The highest BCUT2D eigenvalue weighted by molar-refractivity contribution is 6.42. The molecule has 0 amide bonds. The first-order valence-corrected chi connectivity index (χ1v) is 4.94. The van der Waals surface area contributed by atoms with E-state index >= 15 is 0 Å². The number of anilines is 1. The molecule has 0 bridgehead atoms. The van der Waals surface area contributed by atoms with Crippen molar-refractivity contribution in [2.45, 2.75) is 6.04 Å². The lowest BCUT2D eigenvalue weighted by molar-refractivity contribution is -0.137. The van der Waals surface area contributed by atoms with Crippen molar-refractivity contribution in [2.24, 2.45) is 5.73 Å². The van der Waals surface area contributed by atoms with E-state index in [2.05, 4.69) is 5.32 Å². The Hall–Kier alpha value is -0.970. The second-order valence-corrected chi connectivity index (χ2v) is 3.71. The Labute approximate surface area is 97.0 Å². The van der Waals surface area contributed by atoms with Crippen LogP contribution in [0.15, 0.2) is 18.2 Å². The van der Waals surface area contributed by atoms with Crippen molar-refractivity contribution in [1.82, 2.24) is 0 Å². The number of rotatable bonds is 4. The summed E-state index contributed by atoms with van der Waals surface area (Å²) in [7, 11) is 0. The normalized spacial score (nSPS) is 12.2. The van der Waals surface area contributed by atoms with Crippen molar-refractivity contribution < 1.29 is 9.90 Å². The van der Waals surface area contributed by atoms with Crippen molar-refractivity contribution in [1.29, 1.82) is 0 Å². The lowest BCUT2D eigenvalue weighted by atomic mass is 10.2. The van der Waals surface area contributed by atoms with Gasteiger partial charge in [-0.2, -0.15) is 0 Å². The van der Waals surface area contributed by atoms with E-state index in [1.54, 1.807) is 18.2 Å². The molecule has 0 spiro atoms. The van der Waals surface area contributed by atoms with Gasteiger partial charge in [-0.25, -0.2) is 4.79 Å². The summed E-state index contributed by atoms with van der Waals surface area (Å²) in [6.07, 6.45) is 0. The molecule has 0 saturated heterocycles. The van der Waals surface area contributed by atoms with Crippen molar-refractivity contribution in [3.8, 4) is 0 Å². The summed E-state index contributed by atoms with van der Waals surface area (Å²) in [6.45, 7) is -0.00439. The Balaban J connectivity index is 2.80. The second-order valence-electron chi connectivity index (χ2n) is 2.90. The summed E-state index contributed by atoms with van der Waals surface area (Å²) in [5.74, 6) is -1.01. The number of nitrogens with one attached hydrogen (secondary N) is 1. The summed E-state index contributed by atoms with van der Waals surface area (Å²) in [5.41, 5.74) is 5.86. The Morgan fingerprint density at radius 3 is 2.60 bits per heavy atom. The number of carboxylic acid groups (broad SMARTS) is 1. The van der Waals surface area contributed by atoms with Gasteiger partial charge < -0.3 is 16.2 Å². The van der Waals surface area contributed by atoms with Crippen molar-refractivity contribution in [3.63, 3.8) is 0 Å². The lowest BCUT2D eigenvalue weighted by Crippen LogP contribution is -2.36. The number of nitrogens with two attached hydrogens (primary N) is 1. The van der Waals surface area contributed by atoms with Crippen LogP contribution in [0.3, 0.4) is 0 Å². The average molecular weight is 249 g/mol. The fourth-order valence-corrected chi connectivity index (χ4v) is 1.31. The zero-order valence-corrected chi connectivity index (χ0v) is 9.22. The highest BCUT2D eigenvalue weighted by Gasteiger charge is 2.14. The lowest BCUT2D eigenvalue weighted by Gasteiger charge is -2.13. The van der Waals surface area contributed by atoms with Crippen LogP contribution in [0.4, 0.5) is 5.69 Å². The maximum absolute atomic E-state index is 10.7. The standard InChI is InChI=1S/C9H10Cl2N2O2/c10-6-2-1-5(3-7(6)11)13-8(4-12)9(14)15/h1-3,8,13H,4,12H2,(H,14,15). The molecule has 1 aromatic rings. The molecule has 4 N–H and O–H groups in total. The van der Waals surface area contributed by atoms with Crippen molar-refractivity contribution in [2.75, 3.05) is 11.9 Å². The molecular weight excluding hydrogens is 239 g/mol. The molecule has 0 radical (unpaired) electrons. The molecule has 1 aromatic carbocycles. The summed E-state index contributed by atoms with van der Waals surface area (Å²) < 4.78 is 0. The largest absolute Gasteiger partial charge is 0.480 e. The van der Waals surface area contributed by atoms with Gasteiger partial charge in [0.2, 0.25) is 0 Å². The van der Waals surface area contributed by atoms with Crippen LogP contribution >= 0.6 is 23.2 Å². The Bertz CT molecular complexity index is 371. The molecule has 15 heavy (non-hydrogen) atoms. The Morgan fingerprint density at radius 2 is 2.13 bits per heavy atom. The summed E-state index contributed by atoms with van der Waals surface area (Å²) in [6, 6.07) is 3.94. The monoisotopic (exact) mass is 248 g/mol. The molecule has 0 heterocycles. The van der Waals surface area contributed by atoms with Gasteiger partial charge in [0.25, 0.3) is 0 Å². The fourth-order valence-electron chi connectivity index (χ4n) is 1.01. The van der Waals surface area contributed by atoms with E-state index in [-0.39, 0.29) is 6.54 Å². The molecule has 4 nitrogen and oxygen atoms in total. The summed E-state index contributed by atoms with van der Waals surface area (Å²) >= 11 is 11.5. The van der Waals surface area contributed by atoms with Crippen molar-refractivity contribution >= 4 is 34.9 Å². The van der Waals surface area contributed by atoms with Crippen LogP contribution in [0.25, 0.3) is 0 Å². The van der Waals surface area contributed by atoms with Gasteiger partial charge in [0, 0.05) is 12.2 Å². The predicted molar refractivity (Wildman–Crippen MR) is 60.6 cm³/mol. The van der Waals surface area contributed by atoms with Crippen LogP contribution in [0, 0.1) is 0 Å². The average Bonchev–Trinajstić information content (AvgIpc) is 2.19. The van der Waals surface area contributed by atoms with Gasteiger partial charge in [-0.15, -0.1) is 0 Å². The van der Waals surface area contributed by atoms with E-state index in [4.69, 9.17) is 34.0 Å². The van der Waals surface area contributed by atoms with Crippen LogP contribution in [0.2, 0.25) is 10.0 Å². The molecular formula is C9H10Cl2N2O2. The number of hydrogen-bond acceptors (Lipinski definition) is 3. The molecule has 6 heteroatoms. The van der Waals surface area contributed by atoms with E-state index in [0.29, 0.717) is 15.7 Å². The van der Waals surface area contributed by atoms with Gasteiger partial charge in [-0.3, -0.25) is 0 Å². The maximum atomic E-state index is 10.7. The van der Waals surface area contributed by atoms with Gasteiger partial charge in [0.05, 0.1) is 10.0 Å². The molecule has 82 valence electrons. The number of benzene rings is 1. The SMILES string of the molecule is NCC(Nc1ccc(Cl)c(Cl)c1)C(=O)O. The minimum absolute atomic E-state index is 0.00439. The van der Waals surface area contributed by atoms with E-state index in [0.717, 1.165) is 0 Å². The topological polar surface area (TPSA) is 75.3 Å². The van der Waals surface area contributed by atoms with E-state index in [1.807, 2.05) is 0 Å². The number of carboxylic acids is 1. The third-order valence-electron chi connectivity index (χ3n) is 1.79. The van der Waals surface area contributed by atoms with Crippen molar-refractivity contribution in [3.05, 3.63) is 28.2 Å². The minimum atomic E-state index is -1.01. The van der Waals surface area contributed by atoms with Gasteiger partial charge in [-0.05, 0) is 18.2 Å². The zero-order chi connectivity index (χ0) is 11.4. The van der Waals surface area contributed by atoms with Crippen LogP contribution in [-0.2, 0) is 4.79 Å². The van der Waals surface area contributed by atoms with Crippen LogP contribution in [0.5, 0.6) is 0 Å². The highest BCUT2D eigenvalue weighted by Crippen LogP contribution is 2.25. The van der Waals surface area contributed by atoms with Gasteiger partial charge in [0.15, 0.2) is 0 Å². The summed E-state index contributed by atoms with van der Waals surface area (Å²) in [4.78, 5) is 10.7. The zero-order valence-electron chi connectivity index (χ0n) is 7.71. The quantitative estimate of drug-likeness (QED) is 0.760. The molecule has 1 rings (SSSR count). The first-order chi connectivity index (χ1) is 7.04. The third-order valence-corrected chi connectivity index (χ3v) is 2.53. The number of carbonyl (C=O) groups is 1. The molecule has 1 unspecified atom stereocenters. The number of hydrogen-bond donors (Lipinski definition) is 3. The number of aliphatic carboxylic acids is 1. The smallest absolute Gasteiger partial charge is 0.327 e. The van der Waals surface area contributed by atoms with Crippen LogP contribution in [-0.4, -0.2) is 23.7 Å². The highest BCUT2D eigenvalue weighted by atomic mass is 35.5. The van der Waals surface area contributed by atoms with E-state index in [1.165, 1.54) is 0 Å². The third kappa shape index (κ3) is 3.27. The molecule has 0 aromatic heterocycles. The molecule has 0 fully saturated rings. The van der Waals surface area contributed by atoms with Gasteiger partial charge >= 0.3 is 5.97 Å². The van der Waals surface area contributed by atoms with E-state index < -0.39 is 12.0 Å². The number of halogens is 2. The molecule has 1 atom stereocenters. The second kappa shape index (κ2) is 5.21. The Kier molecular flexibility index (Phi) is 4.20.